The van der Waals surface area contributed by atoms with Crippen molar-refractivity contribution in [3.63, 3.8) is 0 Å². The number of morpholine rings is 1. The average molecular weight is 149 g/mol. The second-order valence-corrected chi connectivity index (χ2v) is 1.92. The van der Waals surface area contributed by atoms with E-state index < -0.39 is 0 Å². The van der Waals surface area contributed by atoms with Gasteiger partial charge in [0.2, 0.25) is 0 Å². The molecule has 0 amide bonds. The molecular formula is C7H19NO2. The summed E-state index contributed by atoms with van der Waals surface area (Å²) in [6.45, 7) is 8.02. The number of hydrogen-bond acceptors (Lipinski definition) is 2. The molecule has 1 aliphatic heterocycles. The zero-order valence-corrected chi connectivity index (χ0v) is 7.18. The molecule has 10 heavy (non-hydrogen) atoms. The van der Waals surface area contributed by atoms with Crippen LogP contribution in [-0.4, -0.2) is 43.7 Å². The molecule has 0 spiro atoms. The Morgan fingerprint density at radius 1 is 1.10 bits per heavy atom. The van der Waals surface area contributed by atoms with Crippen molar-refractivity contribution < 1.29 is 10.2 Å². The van der Waals surface area contributed by atoms with E-state index in [-0.39, 0.29) is 5.48 Å². The van der Waals surface area contributed by atoms with Crippen LogP contribution >= 0.6 is 0 Å². The average Bonchev–Trinajstić information content (AvgIpc) is 1.94. The summed E-state index contributed by atoms with van der Waals surface area (Å²) in [5.41, 5.74) is 0. The van der Waals surface area contributed by atoms with Gasteiger partial charge in [-0.3, -0.25) is 0 Å². The van der Waals surface area contributed by atoms with Crippen molar-refractivity contribution in [2.75, 3.05) is 33.4 Å². The largest absolute Gasteiger partial charge is 0.412 e. The molecule has 0 aromatic rings. The van der Waals surface area contributed by atoms with Gasteiger partial charge in [-0.25, -0.2) is 0 Å². The summed E-state index contributed by atoms with van der Waals surface area (Å²) in [7, 11) is 2.11. The minimum atomic E-state index is 0. The van der Waals surface area contributed by atoms with Gasteiger partial charge in [0.15, 0.2) is 0 Å². The Morgan fingerprint density at radius 2 is 1.50 bits per heavy atom. The van der Waals surface area contributed by atoms with Gasteiger partial charge in [0.1, 0.15) is 0 Å². The summed E-state index contributed by atoms with van der Waals surface area (Å²) in [6, 6.07) is 0. The molecule has 0 unspecified atom stereocenters. The molecule has 64 valence electrons. The fourth-order valence-electron chi connectivity index (χ4n) is 0.655. The van der Waals surface area contributed by atoms with Gasteiger partial charge < -0.3 is 15.1 Å². The summed E-state index contributed by atoms with van der Waals surface area (Å²) in [5, 5.41) is 0. The van der Waals surface area contributed by atoms with Gasteiger partial charge in [-0.2, -0.15) is 0 Å². The lowest BCUT2D eigenvalue weighted by Crippen LogP contribution is -2.32. The van der Waals surface area contributed by atoms with E-state index in [0.29, 0.717) is 0 Å². The number of nitrogens with zero attached hydrogens (tertiary/aromatic N) is 1. The lowest BCUT2D eigenvalue weighted by atomic mass is 10.5. The van der Waals surface area contributed by atoms with Gasteiger partial charge >= 0.3 is 0 Å². The van der Waals surface area contributed by atoms with Crippen LogP contribution in [0.25, 0.3) is 0 Å². The van der Waals surface area contributed by atoms with Crippen LogP contribution in [0.15, 0.2) is 0 Å². The van der Waals surface area contributed by atoms with Crippen LogP contribution in [0.3, 0.4) is 0 Å². The Bertz CT molecular complexity index is 53.6. The molecule has 0 aromatic carbocycles. The lowest BCUT2D eigenvalue weighted by Gasteiger charge is -2.21. The van der Waals surface area contributed by atoms with E-state index in [0.717, 1.165) is 26.3 Å². The van der Waals surface area contributed by atoms with E-state index in [1.54, 1.807) is 0 Å². The molecule has 0 aromatic heterocycles. The Hall–Kier alpha value is -0.120. The first-order valence-corrected chi connectivity index (χ1v) is 3.66. The monoisotopic (exact) mass is 149 g/mol. The maximum atomic E-state index is 5.10. The van der Waals surface area contributed by atoms with E-state index in [1.807, 2.05) is 13.8 Å². The van der Waals surface area contributed by atoms with Gasteiger partial charge in [-0.1, -0.05) is 13.8 Å². The summed E-state index contributed by atoms with van der Waals surface area (Å²) in [5.74, 6) is 0. The molecule has 1 fully saturated rings. The molecule has 3 nitrogen and oxygen atoms in total. The highest BCUT2D eigenvalue weighted by atomic mass is 16.5. The Kier molecular flexibility index (Phi) is 11.1. The smallest absolute Gasteiger partial charge is 0.0594 e. The Morgan fingerprint density at radius 3 is 1.70 bits per heavy atom. The van der Waals surface area contributed by atoms with E-state index in [9.17, 15) is 0 Å². The third-order valence-electron chi connectivity index (χ3n) is 1.23. The summed E-state index contributed by atoms with van der Waals surface area (Å²) in [6.07, 6.45) is 0. The van der Waals surface area contributed by atoms with Crippen molar-refractivity contribution in [2.24, 2.45) is 0 Å². The summed E-state index contributed by atoms with van der Waals surface area (Å²) in [4.78, 5) is 2.27. The predicted octanol–water partition coefficient (Wildman–Crippen LogP) is 0.150. The molecule has 0 saturated carbocycles. The quantitative estimate of drug-likeness (QED) is 0.492. The molecule has 0 bridgehead atoms. The second-order valence-electron chi connectivity index (χ2n) is 1.92. The van der Waals surface area contributed by atoms with E-state index >= 15 is 0 Å². The molecule has 3 heteroatoms. The standard InChI is InChI=1S/C5H11NO.C2H6.H2O/c1-6-2-4-7-5-3-6;1-2;/h2-5H2,1H3;1-2H3;1H2. The van der Waals surface area contributed by atoms with Crippen LogP contribution in [-0.2, 0) is 4.74 Å². The molecule has 1 saturated heterocycles. The lowest BCUT2D eigenvalue weighted by molar-refractivity contribution is 0.0503. The maximum absolute atomic E-state index is 5.10. The van der Waals surface area contributed by atoms with Gasteiger partial charge in [0, 0.05) is 13.1 Å². The SMILES string of the molecule is CC.CN1CCOCC1.O. The maximum Gasteiger partial charge on any atom is 0.0594 e. The minimum Gasteiger partial charge on any atom is -0.412 e. The third-order valence-corrected chi connectivity index (χ3v) is 1.23. The number of hydrogen-bond donors (Lipinski definition) is 0. The highest BCUT2D eigenvalue weighted by Crippen LogP contribution is 1.89. The normalized spacial score (nSPS) is 18.3. The minimum absolute atomic E-state index is 0. The van der Waals surface area contributed by atoms with Crippen LogP contribution in [0, 0.1) is 0 Å². The summed E-state index contributed by atoms with van der Waals surface area (Å²) >= 11 is 0. The third kappa shape index (κ3) is 6.01. The zero-order chi connectivity index (χ0) is 7.11. The zero-order valence-electron chi connectivity index (χ0n) is 7.18. The highest BCUT2D eigenvalue weighted by molar-refractivity contribution is 4.53. The van der Waals surface area contributed by atoms with Crippen LogP contribution in [0.1, 0.15) is 13.8 Å². The molecule has 2 N–H and O–H groups in total. The highest BCUT2D eigenvalue weighted by Gasteiger charge is 2.02. The number of likely N-dealkylation sites (N-methyl/N-ethyl adjacent to an activating group) is 1. The number of ether oxygens (including phenoxy) is 1. The van der Waals surface area contributed by atoms with Gasteiger partial charge in [-0.05, 0) is 7.05 Å². The van der Waals surface area contributed by atoms with Crippen molar-refractivity contribution in [1.82, 2.24) is 4.90 Å². The van der Waals surface area contributed by atoms with Crippen molar-refractivity contribution in [2.45, 2.75) is 13.8 Å². The van der Waals surface area contributed by atoms with E-state index in [2.05, 4.69) is 11.9 Å². The first-order chi connectivity index (χ1) is 4.39. The first-order valence-electron chi connectivity index (χ1n) is 3.66. The van der Waals surface area contributed by atoms with Gasteiger partial charge in [-0.15, -0.1) is 0 Å². The van der Waals surface area contributed by atoms with Gasteiger partial charge in [0.25, 0.3) is 0 Å². The molecule has 1 rings (SSSR count). The van der Waals surface area contributed by atoms with Crippen LogP contribution in [0.5, 0.6) is 0 Å². The topological polar surface area (TPSA) is 44.0 Å². The van der Waals surface area contributed by atoms with Crippen molar-refractivity contribution in [1.29, 1.82) is 0 Å². The predicted molar refractivity (Wildman–Crippen MR) is 43.3 cm³/mol. The summed E-state index contributed by atoms with van der Waals surface area (Å²) < 4.78 is 5.10. The van der Waals surface area contributed by atoms with Gasteiger partial charge in [0.05, 0.1) is 13.2 Å². The molecule has 0 atom stereocenters. The first kappa shape index (κ1) is 12.5. The second kappa shape index (κ2) is 8.88. The fraction of sp³-hybridized carbons (Fsp3) is 1.00. The van der Waals surface area contributed by atoms with E-state index in [4.69, 9.17) is 4.74 Å². The number of rotatable bonds is 0. The van der Waals surface area contributed by atoms with Crippen molar-refractivity contribution in [3.05, 3.63) is 0 Å². The van der Waals surface area contributed by atoms with Crippen LogP contribution in [0.4, 0.5) is 0 Å². The molecule has 1 aliphatic rings. The van der Waals surface area contributed by atoms with Crippen molar-refractivity contribution >= 4 is 0 Å². The fourth-order valence-corrected chi connectivity index (χ4v) is 0.655. The molecule has 1 heterocycles. The Balaban J connectivity index is 0. The Labute approximate surface area is 63.3 Å². The van der Waals surface area contributed by atoms with Crippen LogP contribution < -0.4 is 0 Å². The molecule has 0 aliphatic carbocycles. The van der Waals surface area contributed by atoms with E-state index in [1.165, 1.54) is 0 Å². The van der Waals surface area contributed by atoms with Crippen molar-refractivity contribution in [3.8, 4) is 0 Å². The molecular weight excluding hydrogens is 130 g/mol. The molecule has 0 radical (unpaired) electrons. The van der Waals surface area contributed by atoms with Crippen LogP contribution in [0.2, 0.25) is 0 Å².